The third kappa shape index (κ3) is 3.51. The Bertz CT molecular complexity index is 1290. The molecule has 31 heavy (non-hydrogen) atoms. The summed E-state index contributed by atoms with van der Waals surface area (Å²) in [6, 6.07) is 27.4. The molecule has 3 aromatic carbocycles. The van der Waals surface area contributed by atoms with Gasteiger partial charge in [-0.1, -0.05) is 72.8 Å². The van der Waals surface area contributed by atoms with Crippen LogP contribution < -0.4 is 5.73 Å². The van der Waals surface area contributed by atoms with Crippen LogP contribution >= 0.6 is 0 Å². The van der Waals surface area contributed by atoms with Crippen molar-refractivity contribution in [2.75, 3.05) is 12.3 Å². The molecule has 152 valence electrons. The van der Waals surface area contributed by atoms with Gasteiger partial charge in [0.25, 0.3) is 0 Å². The summed E-state index contributed by atoms with van der Waals surface area (Å²) in [5, 5.41) is 9.20. The Kier molecular flexibility index (Phi) is 4.64. The number of aliphatic imine (C=N–C) groups is 1. The lowest BCUT2D eigenvalue weighted by Crippen LogP contribution is -2.07. The van der Waals surface area contributed by atoms with Crippen LogP contribution in [0, 0.1) is 0 Å². The molecule has 0 aliphatic carbocycles. The van der Waals surface area contributed by atoms with E-state index in [1.807, 2.05) is 48.5 Å². The average Bonchev–Trinajstić information content (AvgIpc) is 3.60. The van der Waals surface area contributed by atoms with Crippen molar-refractivity contribution in [3.63, 3.8) is 0 Å². The van der Waals surface area contributed by atoms with E-state index in [0.717, 1.165) is 39.2 Å². The molecule has 0 radical (unpaired) electrons. The number of nitrogens with zero attached hydrogens (tertiary/aromatic N) is 2. The van der Waals surface area contributed by atoms with Crippen LogP contribution in [-0.4, -0.2) is 27.9 Å². The Labute approximate surface area is 180 Å². The highest BCUT2D eigenvalue weighted by Gasteiger charge is 2.29. The molecule has 1 aromatic heterocycles. The molecule has 0 saturated heterocycles. The SMILES string of the molecule is Nc1c(C2=NC2)c(-c2ccccc2)c(-c2ccccc2)n1Cc1ccc(C(=O)O)cc1. The van der Waals surface area contributed by atoms with Crippen molar-refractivity contribution in [1.29, 1.82) is 0 Å². The molecule has 5 heteroatoms. The number of hydrogen-bond donors (Lipinski definition) is 2. The summed E-state index contributed by atoms with van der Waals surface area (Å²) in [6.07, 6.45) is 0. The highest BCUT2D eigenvalue weighted by atomic mass is 16.4. The maximum absolute atomic E-state index is 11.2. The molecule has 0 spiro atoms. The van der Waals surface area contributed by atoms with Crippen molar-refractivity contribution < 1.29 is 9.90 Å². The third-order valence-electron chi connectivity index (χ3n) is 5.56. The molecule has 4 aromatic rings. The summed E-state index contributed by atoms with van der Waals surface area (Å²) < 4.78 is 2.11. The number of hydrogen-bond acceptors (Lipinski definition) is 3. The Hall–Kier alpha value is -4.12. The van der Waals surface area contributed by atoms with Crippen LogP contribution in [0.4, 0.5) is 5.82 Å². The number of benzene rings is 3. The van der Waals surface area contributed by atoms with Crippen molar-refractivity contribution >= 4 is 17.5 Å². The Balaban J connectivity index is 1.72. The molecule has 2 heterocycles. The molecule has 0 atom stereocenters. The van der Waals surface area contributed by atoms with E-state index >= 15 is 0 Å². The number of carbonyl (C=O) groups is 1. The van der Waals surface area contributed by atoms with Gasteiger partial charge in [0.1, 0.15) is 5.82 Å². The summed E-state index contributed by atoms with van der Waals surface area (Å²) in [6.45, 7) is 1.23. The average molecular weight is 407 g/mol. The van der Waals surface area contributed by atoms with E-state index < -0.39 is 5.97 Å². The first-order valence-electron chi connectivity index (χ1n) is 10.1. The van der Waals surface area contributed by atoms with Crippen LogP contribution in [0.5, 0.6) is 0 Å². The van der Waals surface area contributed by atoms with Crippen molar-refractivity contribution in [3.8, 4) is 22.4 Å². The van der Waals surface area contributed by atoms with Gasteiger partial charge in [0.2, 0.25) is 0 Å². The van der Waals surface area contributed by atoms with Gasteiger partial charge in [-0.2, -0.15) is 0 Å². The van der Waals surface area contributed by atoms with E-state index in [4.69, 9.17) is 5.73 Å². The van der Waals surface area contributed by atoms with Crippen molar-refractivity contribution in [2.45, 2.75) is 6.54 Å². The number of carboxylic acids is 1. The first kappa shape index (κ1) is 18.9. The fourth-order valence-corrected chi connectivity index (χ4v) is 4.01. The van der Waals surface area contributed by atoms with Gasteiger partial charge in [-0.25, -0.2) is 4.79 Å². The zero-order chi connectivity index (χ0) is 21.4. The van der Waals surface area contributed by atoms with Crippen LogP contribution in [0.3, 0.4) is 0 Å². The Morgan fingerprint density at radius 3 is 2.00 bits per heavy atom. The second-order valence-electron chi connectivity index (χ2n) is 7.57. The van der Waals surface area contributed by atoms with E-state index in [9.17, 15) is 9.90 Å². The topological polar surface area (TPSA) is 80.6 Å². The minimum Gasteiger partial charge on any atom is -0.478 e. The quantitative estimate of drug-likeness (QED) is 0.474. The summed E-state index contributed by atoms with van der Waals surface area (Å²) in [5.41, 5.74) is 14.3. The van der Waals surface area contributed by atoms with Gasteiger partial charge in [0.15, 0.2) is 0 Å². The highest BCUT2D eigenvalue weighted by molar-refractivity contribution is 6.19. The van der Waals surface area contributed by atoms with Crippen LogP contribution in [-0.2, 0) is 6.54 Å². The molecule has 0 fully saturated rings. The minimum atomic E-state index is -0.933. The number of nitrogen functional groups attached to an aromatic ring is 1. The van der Waals surface area contributed by atoms with Gasteiger partial charge in [-0.05, 0) is 28.8 Å². The third-order valence-corrected chi connectivity index (χ3v) is 5.56. The van der Waals surface area contributed by atoms with E-state index in [1.54, 1.807) is 12.1 Å². The van der Waals surface area contributed by atoms with Gasteiger partial charge in [-0.15, -0.1) is 0 Å². The lowest BCUT2D eigenvalue weighted by Gasteiger charge is -2.14. The standard InChI is InChI=1S/C26H21N3O2/c27-25-23(21-15-28-21)22(18-7-3-1-4-8-18)24(19-9-5-2-6-10-19)29(25)16-17-11-13-20(14-12-17)26(30)31/h1-14H,15-16,27H2,(H,30,31). The minimum absolute atomic E-state index is 0.269. The van der Waals surface area contributed by atoms with E-state index in [2.05, 4.69) is 33.8 Å². The summed E-state index contributed by atoms with van der Waals surface area (Å²) >= 11 is 0. The Morgan fingerprint density at radius 2 is 1.45 bits per heavy atom. The van der Waals surface area contributed by atoms with E-state index in [-0.39, 0.29) is 5.56 Å². The monoisotopic (exact) mass is 407 g/mol. The molecule has 0 unspecified atom stereocenters. The molecule has 1 aliphatic heterocycles. The number of carboxylic acid groups (broad SMARTS) is 1. The fraction of sp³-hybridized carbons (Fsp3) is 0.0769. The molecule has 1 aliphatic rings. The number of anilines is 1. The predicted octanol–water partition coefficient (Wildman–Crippen LogP) is 4.95. The lowest BCUT2D eigenvalue weighted by molar-refractivity contribution is 0.0697. The van der Waals surface area contributed by atoms with Crippen LogP contribution in [0.1, 0.15) is 21.5 Å². The van der Waals surface area contributed by atoms with Gasteiger partial charge in [0.05, 0.1) is 23.5 Å². The Morgan fingerprint density at radius 1 is 0.871 bits per heavy atom. The van der Waals surface area contributed by atoms with E-state index in [0.29, 0.717) is 18.9 Å². The molecular weight excluding hydrogens is 386 g/mol. The summed E-state index contributed by atoms with van der Waals surface area (Å²) in [4.78, 5) is 15.7. The fourth-order valence-electron chi connectivity index (χ4n) is 4.01. The first-order chi connectivity index (χ1) is 15.1. The van der Waals surface area contributed by atoms with Gasteiger partial charge in [-0.3, -0.25) is 4.99 Å². The predicted molar refractivity (Wildman–Crippen MR) is 124 cm³/mol. The second-order valence-corrected chi connectivity index (χ2v) is 7.57. The van der Waals surface area contributed by atoms with Crippen LogP contribution in [0.2, 0.25) is 0 Å². The maximum atomic E-state index is 11.2. The highest BCUT2D eigenvalue weighted by Crippen LogP contribution is 2.42. The largest absolute Gasteiger partial charge is 0.478 e. The smallest absolute Gasteiger partial charge is 0.335 e. The first-order valence-corrected chi connectivity index (χ1v) is 10.1. The maximum Gasteiger partial charge on any atom is 0.335 e. The normalized spacial score (nSPS) is 12.5. The van der Waals surface area contributed by atoms with Crippen LogP contribution in [0.15, 0.2) is 89.9 Å². The number of rotatable bonds is 6. The molecule has 0 bridgehead atoms. The number of aromatic carboxylic acids is 1. The zero-order valence-corrected chi connectivity index (χ0v) is 16.8. The van der Waals surface area contributed by atoms with Gasteiger partial charge in [0, 0.05) is 17.7 Å². The zero-order valence-electron chi connectivity index (χ0n) is 16.8. The van der Waals surface area contributed by atoms with Crippen molar-refractivity contribution in [2.24, 2.45) is 4.99 Å². The lowest BCUT2D eigenvalue weighted by atomic mass is 9.96. The number of nitrogens with two attached hydrogens (primary N) is 1. The molecule has 3 N–H and O–H groups in total. The van der Waals surface area contributed by atoms with Gasteiger partial charge >= 0.3 is 5.97 Å². The molecular formula is C26H21N3O2. The summed E-state index contributed by atoms with van der Waals surface area (Å²) in [7, 11) is 0. The molecule has 0 saturated carbocycles. The van der Waals surface area contributed by atoms with E-state index in [1.165, 1.54) is 0 Å². The summed E-state index contributed by atoms with van der Waals surface area (Å²) in [5.74, 6) is -0.256. The van der Waals surface area contributed by atoms with Crippen LogP contribution in [0.25, 0.3) is 22.4 Å². The second kappa shape index (κ2) is 7.61. The molecule has 0 amide bonds. The number of aromatic nitrogens is 1. The molecule has 5 nitrogen and oxygen atoms in total. The van der Waals surface area contributed by atoms with Gasteiger partial charge < -0.3 is 15.4 Å². The van der Waals surface area contributed by atoms with Crippen molar-refractivity contribution in [3.05, 3.63) is 102 Å². The molecule has 5 rings (SSSR count). The van der Waals surface area contributed by atoms with Crippen molar-refractivity contribution in [1.82, 2.24) is 4.57 Å².